The van der Waals surface area contributed by atoms with Crippen LogP contribution < -0.4 is 5.73 Å². The van der Waals surface area contributed by atoms with Gasteiger partial charge in [0.25, 0.3) is 0 Å². The van der Waals surface area contributed by atoms with Gasteiger partial charge in [-0.25, -0.2) is 4.39 Å². The third-order valence-corrected chi connectivity index (χ3v) is 4.89. The summed E-state index contributed by atoms with van der Waals surface area (Å²) in [4.78, 5) is 2.26. The zero-order valence-corrected chi connectivity index (χ0v) is 13.2. The van der Waals surface area contributed by atoms with Gasteiger partial charge in [-0.1, -0.05) is 28.8 Å². The second-order valence-electron chi connectivity index (χ2n) is 5.79. The molecule has 0 amide bonds. The average Bonchev–Trinajstić information content (AvgIpc) is 2.77. The van der Waals surface area contributed by atoms with E-state index in [4.69, 9.17) is 5.73 Å². The summed E-state index contributed by atoms with van der Waals surface area (Å²) in [5.41, 5.74) is 7.50. The molecule has 0 bridgehead atoms. The highest BCUT2D eigenvalue weighted by atomic mass is 79.9. The maximum atomic E-state index is 13.4. The van der Waals surface area contributed by atoms with E-state index in [1.165, 1.54) is 18.9 Å². The van der Waals surface area contributed by atoms with Crippen molar-refractivity contribution in [1.29, 1.82) is 0 Å². The zero-order chi connectivity index (χ0) is 14.0. The molecule has 0 spiro atoms. The standard InChI is InChI=1S/C15H22BrFN2/c1-19(2)15(5-3-4-6-15)14(18)9-11-7-12(16)10-13(17)8-11/h7-8,10,14H,3-6,9,18H2,1-2H3. The lowest BCUT2D eigenvalue weighted by Gasteiger charge is -2.41. The van der Waals surface area contributed by atoms with Gasteiger partial charge in [0.1, 0.15) is 5.82 Å². The first kappa shape index (κ1) is 14.9. The summed E-state index contributed by atoms with van der Waals surface area (Å²) >= 11 is 3.34. The van der Waals surface area contributed by atoms with Crippen LogP contribution in [0.25, 0.3) is 0 Å². The first-order chi connectivity index (χ1) is 8.94. The summed E-state index contributed by atoms with van der Waals surface area (Å²) < 4.78 is 14.2. The van der Waals surface area contributed by atoms with Crippen molar-refractivity contribution >= 4 is 15.9 Å². The summed E-state index contributed by atoms with van der Waals surface area (Å²) in [6.07, 6.45) is 5.46. The molecule has 2 rings (SSSR count). The molecule has 1 aromatic rings. The highest BCUT2D eigenvalue weighted by Crippen LogP contribution is 2.37. The van der Waals surface area contributed by atoms with E-state index in [0.717, 1.165) is 22.9 Å². The lowest BCUT2D eigenvalue weighted by Crippen LogP contribution is -2.56. The minimum atomic E-state index is -0.207. The number of halogens is 2. The molecular weight excluding hydrogens is 307 g/mol. The molecule has 1 aliphatic rings. The Morgan fingerprint density at radius 2 is 1.95 bits per heavy atom. The van der Waals surface area contributed by atoms with E-state index in [2.05, 4.69) is 34.9 Å². The molecule has 106 valence electrons. The van der Waals surface area contributed by atoms with Gasteiger partial charge in [-0.15, -0.1) is 0 Å². The Kier molecular flexibility index (Phi) is 4.64. The molecule has 0 aliphatic heterocycles. The van der Waals surface area contributed by atoms with Gasteiger partial charge in [0, 0.05) is 16.1 Å². The maximum absolute atomic E-state index is 13.4. The molecule has 2 N–H and O–H groups in total. The summed E-state index contributed by atoms with van der Waals surface area (Å²) in [6, 6.07) is 5.06. The number of nitrogens with two attached hydrogens (primary N) is 1. The van der Waals surface area contributed by atoms with Crippen LogP contribution in [0.4, 0.5) is 4.39 Å². The second-order valence-corrected chi connectivity index (χ2v) is 6.71. The quantitative estimate of drug-likeness (QED) is 0.918. The van der Waals surface area contributed by atoms with Gasteiger partial charge in [-0.05, 0) is 57.1 Å². The van der Waals surface area contributed by atoms with Gasteiger partial charge in [0.05, 0.1) is 0 Å². The van der Waals surface area contributed by atoms with Crippen molar-refractivity contribution < 1.29 is 4.39 Å². The minimum Gasteiger partial charge on any atom is -0.326 e. The fourth-order valence-corrected chi connectivity index (χ4v) is 3.82. The van der Waals surface area contributed by atoms with Gasteiger partial charge in [0.2, 0.25) is 0 Å². The lowest BCUT2D eigenvalue weighted by atomic mass is 9.84. The van der Waals surface area contributed by atoms with Crippen molar-refractivity contribution in [1.82, 2.24) is 4.90 Å². The Morgan fingerprint density at radius 3 is 2.47 bits per heavy atom. The highest BCUT2D eigenvalue weighted by Gasteiger charge is 2.41. The Labute approximate surface area is 123 Å². The molecular formula is C15H22BrFN2. The zero-order valence-electron chi connectivity index (χ0n) is 11.6. The van der Waals surface area contributed by atoms with Crippen molar-refractivity contribution in [2.24, 2.45) is 5.73 Å². The van der Waals surface area contributed by atoms with E-state index in [-0.39, 0.29) is 17.4 Å². The number of hydrogen-bond acceptors (Lipinski definition) is 2. The number of likely N-dealkylation sites (N-methyl/N-ethyl adjacent to an activating group) is 1. The van der Waals surface area contributed by atoms with Crippen LogP contribution >= 0.6 is 15.9 Å². The summed E-state index contributed by atoms with van der Waals surface area (Å²) in [5.74, 6) is -0.207. The smallest absolute Gasteiger partial charge is 0.124 e. The van der Waals surface area contributed by atoms with Gasteiger partial charge < -0.3 is 10.6 Å². The monoisotopic (exact) mass is 328 g/mol. The second kappa shape index (κ2) is 5.90. The van der Waals surface area contributed by atoms with E-state index in [1.54, 1.807) is 6.07 Å². The number of nitrogens with zero attached hydrogens (tertiary/aromatic N) is 1. The van der Waals surface area contributed by atoms with E-state index in [1.807, 2.05) is 6.07 Å². The molecule has 1 unspecified atom stereocenters. The third-order valence-electron chi connectivity index (χ3n) is 4.43. The Bertz CT molecular complexity index is 422. The summed E-state index contributed by atoms with van der Waals surface area (Å²) in [7, 11) is 4.21. The molecule has 1 saturated carbocycles. The van der Waals surface area contributed by atoms with Gasteiger partial charge in [-0.3, -0.25) is 0 Å². The molecule has 2 nitrogen and oxygen atoms in total. The average molecular weight is 329 g/mol. The van der Waals surface area contributed by atoms with Crippen LogP contribution in [0.5, 0.6) is 0 Å². The molecule has 0 aromatic heterocycles. The van der Waals surface area contributed by atoms with E-state index >= 15 is 0 Å². The van der Waals surface area contributed by atoms with Gasteiger partial charge in [-0.2, -0.15) is 0 Å². The van der Waals surface area contributed by atoms with Crippen LogP contribution in [0.3, 0.4) is 0 Å². The predicted molar refractivity (Wildman–Crippen MR) is 80.7 cm³/mol. The molecule has 0 heterocycles. The van der Waals surface area contributed by atoms with Gasteiger partial charge in [0.15, 0.2) is 0 Å². The van der Waals surface area contributed by atoms with Crippen LogP contribution in [-0.4, -0.2) is 30.6 Å². The van der Waals surface area contributed by atoms with Crippen LogP contribution in [0, 0.1) is 5.82 Å². The Morgan fingerprint density at radius 1 is 1.32 bits per heavy atom. The minimum absolute atomic E-state index is 0.0405. The molecule has 1 fully saturated rings. The summed E-state index contributed by atoms with van der Waals surface area (Å²) in [5, 5.41) is 0. The van der Waals surface area contributed by atoms with Gasteiger partial charge >= 0.3 is 0 Å². The fourth-order valence-electron chi connectivity index (χ4n) is 3.31. The lowest BCUT2D eigenvalue weighted by molar-refractivity contribution is 0.123. The summed E-state index contributed by atoms with van der Waals surface area (Å²) in [6.45, 7) is 0. The molecule has 0 saturated heterocycles. The van der Waals surface area contributed by atoms with Crippen molar-refractivity contribution in [3.8, 4) is 0 Å². The topological polar surface area (TPSA) is 29.3 Å². The third kappa shape index (κ3) is 3.18. The molecule has 1 aromatic carbocycles. The molecule has 19 heavy (non-hydrogen) atoms. The molecule has 1 atom stereocenters. The van der Waals surface area contributed by atoms with E-state index < -0.39 is 0 Å². The van der Waals surface area contributed by atoms with Crippen molar-refractivity contribution in [2.45, 2.75) is 43.7 Å². The number of rotatable bonds is 4. The molecule has 4 heteroatoms. The van der Waals surface area contributed by atoms with E-state index in [9.17, 15) is 4.39 Å². The normalized spacial score (nSPS) is 19.9. The van der Waals surface area contributed by atoms with Crippen molar-refractivity contribution in [2.75, 3.05) is 14.1 Å². The first-order valence-corrected chi connectivity index (χ1v) is 7.61. The maximum Gasteiger partial charge on any atom is 0.124 e. The van der Waals surface area contributed by atoms with Crippen LogP contribution in [0.1, 0.15) is 31.2 Å². The predicted octanol–water partition coefficient (Wildman–Crippen LogP) is 3.33. The van der Waals surface area contributed by atoms with Crippen LogP contribution in [0.15, 0.2) is 22.7 Å². The largest absolute Gasteiger partial charge is 0.326 e. The van der Waals surface area contributed by atoms with Crippen molar-refractivity contribution in [3.05, 3.63) is 34.1 Å². The molecule has 1 aliphatic carbocycles. The van der Waals surface area contributed by atoms with Crippen LogP contribution in [-0.2, 0) is 6.42 Å². The fraction of sp³-hybridized carbons (Fsp3) is 0.600. The van der Waals surface area contributed by atoms with E-state index in [0.29, 0.717) is 6.42 Å². The number of hydrogen-bond donors (Lipinski definition) is 1. The number of benzene rings is 1. The first-order valence-electron chi connectivity index (χ1n) is 6.82. The van der Waals surface area contributed by atoms with Crippen molar-refractivity contribution in [3.63, 3.8) is 0 Å². The Balaban J connectivity index is 2.17. The SMILES string of the molecule is CN(C)C1(C(N)Cc2cc(F)cc(Br)c2)CCCC1. The van der Waals surface area contributed by atoms with Crippen LogP contribution in [0.2, 0.25) is 0 Å². The molecule has 0 radical (unpaired) electrons. The Hall–Kier alpha value is -0.450. The highest BCUT2D eigenvalue weighted by molar-refractivity contribution is 9.10.